The van der Waals surface area contributed by atoms with E-state index in [0.717, 1.165) is 37.8 Å². The molecule has 1 atom stereocenters. The summed E-state index contributed by atoms with van der Waals surface area (Å²) >= 11 is 0. The molecule has 17 heavy (non-hydrogen) atoms. The molecule has 0 amide bonds. The van der Waals surface area contributed by atoms with Gasteiger partial charge in [-0.3, -0.25) is 0 Å². The van der Waals surface area contributed by atoms with Gasteiger partial charge in [0.2, 0.25) is 5.95 Å². The third-order valence-electron chi connectivity index (χ3n) is 3.53. The first-order chi connectivity index (χ1) is 8.26. The molecule has 1 aliphatic heterocycles. The van der Waals surface area contributed by atoms with E-state index in [9.17, 15) is 0 Å². The van der Waals surface area contributed by atoms with Gasteiger partial charge in [0.15, 0.2) is 0 Å². The highest BCUT2D eigenvalue weighted by Gasteiger charge is 2.23. The van der Waals surface area contributed by atoms with Gasteiger partial charge in [-0.25, -0.2) is 4.98 Å². The van der Waals surface area contributed by atoms with Crippen LogP contribution in [0.1, 0.15) is 32.4 Å². The lowest BCUT2D eigenvalue weighted by molar-refractivity contribution is 0.428. The number of hydrogen-bond acceptors (Lipinski definition) is 3. The predicted molar refractivity (Wildman–Crippen MR) is 71.5 cm³/mol. The van der Waals surface area contributed by atoms with Crippen LogP contribution in [0.25, 0.3) is 0 Å². The topological polar surface area (TPSA) is 33.1 Å². The van der Waals surface area contributed by atoms with E-state index in [2.05, 4.69) is 46.7 Å². The fraction of sp³-hybridized carbons (Fsp3) is 0.769. The Morgan fingerprint density at radius 2 is 2.35 bits per heavy atom. The largest absolute Gasteiger partial charge is 0.338 e. The minimum Gasteiger partial charge on any atom is -0.338 e. The van der Waals surface area contributed by atoms with Crippen molar-refractivity contribution in [3.8, 4) is 0 Å². The number of likely N-dealkylation sites (N-methyl/N-ethyl adjacent to an activating group) is 1. The Morgan fingerprint density at radius 3 is 2.94 bits per heavy atom. The maximum atomic E-state index is 4.69. The van der Waals surface area contributed by atoms with Gasteiger partial charge >= 0.3 is 0 Å². The van der Waals surface area contributed by atoms with Crippen molar-refractivity contribution >= 4 is 5.95 Å². The van der Waals surface area contributed by atoms with E-state index >= 15 is 0 Å². The zero-order valence-corrected chi connectivity index (χ0v) is 11.2. The molecule has 2 heterocycles. The molecule has 0 aromatic carbocycles. The molecule has 0 aliphatic carbocycles. The van der Waals surface area contributed by atoms with E-state index in [1.54, 1.807) is 0 Å². The molecule has 0 saturated carbocycles. The highest BCUT2D eigenvalue weighted by atomic mass is 15.3. The van der Waals surface area contributed by atoms with E-state index in [0.29, 0.717) is 6.04 Å². The summed E-state index contributed by atoms with van der Waals surface area (Å²) in [7, 11) is 0. The third-order valence-corrected chi connectivity index (χ3v) is 3.53. The van der Waals surface area contributed by atoms with Crippen LogP contribution >= 0.6 is 0 Å². The average Bonchev–Trinajstić information content (AvgIpc) is 2.73. The normalized spacial score (nSPS) is 20.5. The van der Waals surface area contributed by atoms with E-state index in [4.69, 9.17) is 0 Å². The van der Waals surface area contributed by atoms with Crippen LogP contribution in [0.2, 0.25) is 0 Å². The Balaban J connectivity index is 2.20. The number of nitrogens with zero attached hydrogens (tertiary/aromatic N) is 3. The fourth-order valence-electron chi connectivity index (χ4n) is 2.66. The smallest absolute Gasteiger partial charge is 0.205 e. The molecular weight excluding hydrogens is 212 g/mol. The van der Waals surface area contributed by atoms with Crippen molar-refractivity contribution in [3.63, 3.8) is 0 Å². The standard InChI is InChI=1S/C13H24N4/c1-4-16-10-11(3)15-13(16)17(5-2)12-7-6-8-14-9-12/h10,12,14H,4-9H2,1-3H3. The van der Waals surface area contributed by atoms with Crippen molar-refractivity contribution in [3.05, 3.63) is 11.9 Å². The molecule has 0 radical (unpaired) electrons. The van der Waals surface area contributed by atoms with Crippen LogP contribution in [-0.4, -0.2) is 35.2 Å². The summed E-state index contributed by atoms with van der Waals surface area (Å²) in [5, 5.41) is 3.48. The zero-order valence-electron chi connectivity index (χ0n) is 11.2. The fourth-order valence-corrected chi connectivity index (χ4v) is 2.66. The quantitative estimate of drug-likeness (QED) is 0.865. The molecule has 1 unspecified atom stereocenters. The Labute approximate surface area is 104 Å². The van der Waals surface area contributed by atoms with Crippen LogP contribution in [0.3, 0.4) is 0 Å². The lowest BCUT2D eigenvalue weighted by Crippen LogP contribution is -2.47. The third kappa shape index (κ3) is 2.63. The molecule has 1 saturated heterocycles. The van der Waals surface area contributed by atoms with Crippen molar-refractivity contribution in [1.29, 1.82) is 0 Å². The van der Waals surface area contributed by atoms with E-state index < -0.39 is 0 Å². The maximum absolute atomic E-state index is 4.69. The van der Waals surface area contributed by atoms with Crippen LogP contribution in [0.15, 0.2) is 6.20 Å². The summed E-state index contributed by atoms with van der Waals surface area (Å²) in [4.78, 5) is 7.14. The Hall–Kier alpha value is -1.03. The predicted octanol–water partition coefficient (Wildman–Crippen LogP) is 1.79. The molecule has 1 aliphatic rings. The number of piperidine rings is 1. The highest BCUT2D eigenvalue weighted by Crippen LogP contribution is 2.20. The van der Waals surface area contributed by atoms with E-state index in [1.807, 2.05) is 0 Å². The first-order valence-corrected chi connectivity index (χ1v) is 6.77. The zero-order chi connectivity index (χ0) is 12.3. The van der Waals surface area contributed by atoms with Gasteiger partial charge in [0.1, 0.15) is 0 Å². The van der Waals surface area contributed by atoms with E-state index in [1.165, 1.54) is 12.8 Å². The second-order valence-electron chi connectivity index (χ2n) is 4.75. The van der Waals surface area contributed by atoms with Gasteiger partial charge in [0.05, 0.1) is 5.69 Å². The summed E-state index contributed by atoms with van der Waals surface area (Å²) in [5.74, 6) is 1.14. The van der Waals surface area contributed by atoms with Crippen LogP contribution < -0.4 is 10.2 Å². The van der Waals surface area contributed by atoms with Gasteiger partial charge in [-0.05, 0) is 40.2 Å². The van der Waals surface area contributed by atoms with Gasteiger partial charge in [-0.1, -0.05) is 0 Å². The van der Waals surface area contributed by atoms with Gasteiger partial charge < -0.3 is 14.8 Å². The molecule has 2 rings (SSSR count). The van der Waals surface area contributed by atoms with Gasteiger partial charge in [-0.2, -0.15) is 0 Å². The van der Waals surface area contributed by atoms with Crippen molar-refractivity contribution in [1.82, 2.24) is 14.9 Å². The van der Waals surface area contributed by atoms with Gasteiger partial charge in [0.25, 0.3) is 0 Å². The molecule has 1 fully saturated rings. The second kappa shape index (κ2) is 5.54. The Kier molecular flexibility index (Phi) is 4.05. The van der Waals surface area contributed by atoms with Crippen LogP contribution in [0, 0.1) is 6.92 Å². The highest BCUT2D eigenvalue weighted by molar-refractivity contribution is 5.35. The van der Waals surface area contributed by atoms with Crippen LogP contribution in [-0.2, 0) is 6.54 Å². The Morgan fingerprint density at radius 1 is 1.53 bits per heavy atom. The van der Waals surface area contributed by atoms with Crippen molar-refractivity contribution in [2.45, 2.75) is 46.2 Å². The SMILES string of the molecule is CCN(c1nc(C)cn1CC)C1CCCNC1. The first-order valence-electron chi connectivity index (χ1n) is 6.77. The molecule has 0 bridgehead atoms. The summed E-state index contributed by atoms with van der Waals surface area (Å²) in [6.45, 7) is 10.7. The molecule has 4 nitrogen and oxygen atoms in total. The first kappa shape index (κ1) is 12.4. The number of rotatable bonds is 4. The molecule has 1 aromatic rings. The number of imidazole rings is 1. The van der Waals surface area contributed by atoms with Crippen molar-refractivity contribution < 1.29 is 0 Å². The number of aryl methyl sites for hydroxylation is 2. The minimum atomic E-state index is 0.598. The summed E-state index contributed by atoms with van der Waals surface area (Å²) < 4.78 is 2.26. The molecule has 4 heteroatoms. The minimum absolute atomic E-state index is 0.598. The number of anilines is 1. The molecule has 96 valence electrons. The molecular formula is C13H24N4. The lowest BCUT2D eigenvalue weighted by atomic mass is 10.1. The van der Waals surface area contributed by atoms with Gasteiger partial charge in [0, 0.05) is 31.9 Å². The lowest BCUT2D eigenvalue weighted by Gasteiger charge is -2.34. The second-order valence-corrected chi connectivity index (χ2v) is 4.75. The number of hydrogen-bond donors (Lipinski definition) is 1. The van der Waals surface area contributed by atoms with Crippen LogP contribution in [0.4, 0.5) is 5.95 Å². The maximum Gasteiger partial charge on any atom is 0.205 e. The van der Waals surface area contributed by atoms with Gasteiger partial charge in [-0.15, -0.1) is 0 Å². The van der Waals surface area contributed by atoms with E-state index in [-0.39, 0.29) is 0 Å². The molecule has 1 aromatic heterocycles. The van der Waals surface area contributed by atoms with Crippen molar-refractivity contribution in [2.75, 3.05) is 24.5 Å². The number of nitrogens with one attached hydrogen (secondary N) is 1. The average molecular weight is 236 g/mol. The monoisotopic (exact) mass is 236 g/mol. The number of aromatic nitrogens is 2. The summed E-state index contributed by atoms with van der Waals surface area (Å²) in [5.41, 5.74) is 1.11. The van der Waals surface area contributed by atoms with Crippen LogP contribution in [0.5, 0.6) is 0 Å². The molecule has 1 N–H and O–H groups in total. The van der Waals surface area contributed by atoms with Crippen molar-refractivity contribution in [2.24, 2.45) is 0 Å². The summed E-state index contributed by atoms with van der Waals surface area (Å²) in [6.07, 6.45) is 4.69. The molecule has 0 spiro atoms. The summed E-state index contributed by atoms with van der Waals surface area (Å²) in [6, 6.07) is 0.598. The Bertz CT molecular complexity index is 352.